The van der Waals surface area contributed by atoms with Crippen molar-refractivity contribution >= 4 is 22.6 Å². The van der Waals surface area contributed by atoms with E-state index in [2.05, 4.69) is 61.6 Å². The van der Waals surface area contributed by atoms with Gasteiger partial charge in [-0.15, -0.1) is 0 Å². The molecular formula is C10H15I. The summed E-state index contributed by atoms with van der Waals surface area (Å²) in [7, 11) is 0. The maximum atomic E-state index is 2.56. The maximum Gasteiger partial charge on any atom is 0.0461 e. The van der Waals surface area contributed by atoms with Crippen molar-refractivity contribution in [3.8, 4) is 0 Å². The van der Waals surface area contributed by atoms with Crippen molar-refractivity contribution < 1.29 is 0 Å². The van der Waals surface area contributed by atoms with Crippen LogP contribution in [0.2, 0.25) is 0 Å². The van der Waals surface area contributed by atoms with Crippen LogP contribution in [0.1, 0.15) is 27.2 Å². The molecule has 0 saturated heterocycles. The van der Waals surface area contributed by atoms with Gasteiger partial charge in [0, 0.05) is 3.42 Å². The molecule has 0 radical (unpaired) electrons. The average molecular weight is 262 g/mol. The van der Waals surface area contributed by atoms with Crippen LogP contribution in [-0.2, 0) is 0 Å². The van der Waals surface area contributed by atoms with Crippen molar-refractivity contribution in [1.82, 2.24) is 0 Å². The van der Waals surface area contributed by atoms with Crippen LogP contribution in [0.3, 0.4) is 0 Å². The van der Waals surface area contributed by atoms with E-state index < -0.39 is 0 Å². The smallest absolute Gasteiger partial charge is 0.0461 e. The normalized spacial score (nSPS) is 30.8. The summed E-state index contributed by atoms with van der Waals surface area (Å²) in [6.45, 7) is 6.73. The van der Waals surface area contributed by atoms with E-state index in [0.29, 0.717) is 3.42 Å². The van der Waals surface area contributed by atoms with Gasteiger partial charge in [0.2, 0.25) is 0 Å². The summed E-state index contributed by atoms with van der Waals surface area (Å²) in [4.78, 5) is 0. The zero-order valence-corrected chi connectivity index (χ0v) is 9.55. The van der Waals surface area contributed by atoms with Gasteiger partial charge in [-0.25, -0.2) is 0 Å². The topological polar surface area (TPSA) is 0 Å². The molecule has 11 heavy (non-hydrogen) atoms. The highest BCUT2D eigenvalue weighted by molar-refractivity contribution is 14.1. The minimum atomic E-state index is 0.372. The van der Waals surface area contributed by atoms with Crippen molar-refractivity contribution in [3.63, 3.8) is 0 Å². The van der Waals surface area contributed by atoms with Crippen molar-refractivity contribution in [3.05, 3.63) is 23.8 Å². The second-order valence-electron chi connectivity index (χ2n) is 3.57. The van der Waals surface area contributed by atoms with Crippen LogP contribution in [0.25, 0.3) is 0 Å². The number of rotatable bonds is 1. The first-order valence-corrected chi connectivity index (χ1v) is 5.17. The SMILES string of the molecule is CC1=CCC(I)(C(C)C)C=C1. The molecule has 0 N–H and O–H groups in total. The lowest BCUT2D eigenvalue weighted by Crippen LogP contribution is -2.25. The van der Waals surface area contributed by atoms with E-state index in [9.17, 15) is 0 Å². The van der Waals surface area contributed by atoms with E-state index in [4.69, 9.17) is 0 Å². The second-order valence-corrected chi connectivity index (χ2v) is 5.58. The zero-order chi connectivity index (χ0) is 8.48. The van der Waals surface area contributed by atoms with Gasteiger partial charge in [-0.3, -0.25) is 0 Å². The first kappa shape index (κ1) is 9.30. The van der Waals surface area contributed by atoms with Gasteiger partial charge in [-0.2, -0.15) is 0 Å². The number of halogens is 1. The highest BCUT2D eigenvalue weighted by Gasteiger charge is 2.27. The highest BCUT2D eigenvalue weighted by atomic mass is 127. The summed E-state index contributed by atoms with van der Waals surface area (Å²) in [5.41, 5.74) is 1.40. The fourth-order valence-electron chi connectivity index (χ4n) is 1.15. The molecule has 1 heteroatoms. The molecule has 1 aliphatic rings. The monoisotopic (exact) mass is 262 g/mol. The van der Waals surface area contributed by atoms with E-state index in [1.54, 1.807) is 0 Å². The molecule has 0 aromatic heterocycles. The van der Waals surface area contributed by atoms with E-state index in [1.807, 2.05) is 0 Å². The molecule has 0 amide bonds. The van der Waals surface area contributed by atoms with Gasteiger partial charge in [0.1, 0.15) is 0 Å². The van der Waals surface area contributed by atoms with Crippen molar-refractivity contribution in [2.75, 3.05) is 0 Å². The lowest BCUT2D eigenvalue weighted by molar-refractivity contribution is 0.534. The minimum absolute atomic E-state index is 0.372. The fraction of sp³-hybridized carbons (Fsp3) is 0.600. The van der Waals surface area contributed by atoms with E-state index in [-0.39, 0.29) is 0 Å². The molecule has 1 aliphatic carbocycles. The highest BCUT2D eigenvalue weighted by Crippen LogP contribution is 2.36. The summed E-state index contributed by atoms with van der Waals surface area (Å²) in [6, 6.07) is 0. The van der Waals surface area contributed by atoms with Crippen LogP contribution in [0.15, 0.2) is 23.8 Å². The maximum absolute atomic E-state index is 2.56. The van der Waals surface area contributed by atoms with Crippen molar-refractivity contribution in [2.45, 2.75) is 30.6 Å². The molecule has 0 aromatic rings. The van der Waals surface area contributed by atoms with Gasteiger partial charge in [0.05, 0.1) is 0 Å². The first-order valence-electron chi connectivity index (χ1n) is 4.09. The first-order chi connectivity index (χ1) is 5.04. The third kappa shape index (κ3) is 2.08. The van der Waals surface area contributed by atoms with Crippen molar-refractivity contribution in [1.29, 1.82) is 0 Å². The summed E-state index contributed by atoms with van der Waals surface area (Å²) in [6.07, 6.45) is 8.09. The predicted octanol–water partition coefficient (Wildman–Crippen LogP) is 3.72. The van der Waals surface area contributed by atoms with Crippen LogP contribution in [0.4, 0.5) is 0 Å². The molecule has 0 aliphatic heterocycles. The molecule has 0 saturated carbocycles. The Kier molecular flexibility index (Phi) is 2.79. The molecule has 1 rings (SSSR count). The Morgan fingerprint density at radius 3 is 2.55 bits per heavy atom. The molecule has 62 valence electrons. The molecule has 0 spiro atoms. The number of allylic oxidation sites excluding steroid dienone is 4. The third-order valence-corrected chi connectivity index (χ3v) is 4.37. The van der Waals surface area contributed by atoms with Gasteiger partial charge in [-0.1, -0.05) is 60.2 Å². The third-order valence-electron chi connectivity index (χ3n) is 2.32. The Morgan fingerprint density at radius 1 is 1.55 bits per heavy atom. The molecule has 0 nitrogen and oxygen atoms in total. The summed E-state index contributed by atoms with van der Waals surface area (Å²) >= 11 is 2.56. The Labute approximate surface area is 82.9 Å². The van der Waals surface area contributed by atoms with Gasteiger partial charge in [0.15, 0.2) is 0 Å². The number of alkyl halides is 1. The molecule has 0 bridgehead atoms. The summed E-state index contributed by atoms with van der Waals surface area (Å²) < 4.78 is 0.372. The predicted molar refractivity (Wildman–Crippen MR) is 59.1 cm³/mol. The van der Waals surface area contributed by atoms with Gasteiger partial charge in [0.25, 0.3) is 0 Å². The lowest BCUT2D eigenvalue weighted by atomic mass is 9.88. The van der Waals surface area contributed by atoms with Crippen LogP contribution < -0.4 is 0 Å². The van der Waals surface area contributed by atoms with Gasteiger partial charge >= 0.3 is 0 Å². The molecular weight excluding hydrogens is 247 g/mol. The quantitative estimate of drug-likeness (QED) is 0.499. The van der Waals surface area contributed by atoms with Crippen LogP contribution in [0.5, 0.6) is 0 Å². The standard InChI is InChI=1S/C10H15I/c1-8(2)10(11)6-4-9(3)5-7-10/h4-6,8H,7H2,1-3H3. The fourth-order valence-corrected chi connectivity index (χ4v) is 1.55. The average Bonchev–Trinajstić information content (AvgIpc) is 1.95. The van der Waals surface area contributed by atoms with E-state index in [1.165, 1.54) is 12.0 Å². The summed E-state index contributed by atoms with van der Waals surface area (Å²) in [5.74, 6) is 0.726. The Bertz CT molecular complexity index is 201. The van der Waals surface area contributed by atoms with Crippen molar-refractivity contribution in [2.24, 2.45) is 5.92 Å². The molecule has 0 fully saturated rings. The Morgan fingerprint density at radius 2 is 2.18 bits per heavy atom. The zero-order valence-electron chi connectivity index (χ0n) is 7.39. The Balaban J connectivity index is 2.74. The molecule has 0 aromatic carbocycles. The Hall–Kier alpha value is 0.210. The summed E-state index contributed by atoms with van der Waals surface area (Å²) in [5, 5.41) is 0. The molecule has 0 heterocycles. The number of hydrogen-bond acceptors (Lipinski definition) is 0. The molecule has 1 unspecified atom stereocenters. The second kappa shape index (κ2) is 3.30. The van der Waals surface area contributed by atoms with Crippen LogP contribution >= 0.6 is 22.6 Å². The van der Waals surface area contributed by atoms with E-state index >= 15 is 0 Å². The van der Waals surface area contributed by atoms with Gasteiger partial charge < -0.3 is 0 Å². The minimum Gasteiger partial charge on any atom is -0.0800 e. The van der Waals surface area contributed by atoms with Gasteiger partial charge in [-0.05, 0) is 19.3 Å². The number of hydrogen-bond donors (Lipinski definition) is 0. The largest absolute Gasteiger partial charge is 0.0800 e. The van der Waals surface area contributed by atoms with E-state index in [0.717, 1.165) is 5.92 Å². The van der Waals surface area contributed by atoms with Crippen LogP contribution in [-0.4, -0.2) is 3.42 Å². The van der Waals surface area contributed by atoms with Crippen LogP contribution in [0, 0.1) is 5.92 Å². The lowest BCUT2D eigenvalue weighted by Gasteiger charge is -2.29. The molecule has 1 atom stereocenters.